The molecular weight excluding hydrogens is 368 g/mol. The van der Waals surface area contributed by atoms with E-state index in [0.29, 0.717) is 28.6 Å². The van der Waals surface area contributed by atoms with E-state index in [1.807, 2.05) is 26.8 Å². The molecule has 0 atom stereocenters. The fourth-order valence-electron chi connectivity index (χ4n) is 2.99. The molecule has 0 fully saturated rings. The third-order valence-corrected chi connectivity index (χ3v) is 4.62. The number of nitrogens with one attached hydrogen (secondary N) is 2. The van der Waals surface area contributed by atoms with E-state index in [1.165, 1.54) is 4.68 Å². The van der Waals surface area contributed by atoms with Gasteiger partial charge in [0.15, 0.2) is 5.69 Å². The van der Waals surface area contributed by atoms with Crippen molar-refractivity contribution in [3.05, 3.63) is 64.1 Å². The van der Waals surface area contributed by atoms with E-state index in [4.69, 9.17) is 0 Å². The van der Waals surface area contributed by atoms with Crippen LogP contribution in [0.2, 0.25) is 0 Å². The fraction of sp³-hybridized carbons (Fsp3) is 0.273. The fourth-order valence-corrected chi connectivity index (χ4v) is 2.99. The molecule has 0 saturated heterocycles. The van der Waals surface area contributed by atoms with Gasteiger partial charge in [-0.15, -0.1) is 0 Å². The molecule has 0 unspecified atom stereocenters. The maximum Gasteiger partial charge on any atom is 0.276 e. The number of fused-ring (bicyclic) bond motifs is 1. The van der Waals surface area contributed by atoms with Crippen LogP contribution in [0.3, 0.4) is 0 Å². The molecule has 0 aliphatic heterocycles. The van der Waals surface area contributed by atoms with Gasteiger partial charge in [0.05, 0.1) is 11.4 Å². The zero-order chi connectivity index (χ0) is 21.1. The van der Waals surface area contributed by atoms with Crippen molar-refractivity contribution in [3.8, 4) is 0 Å². The van der Waals surface area contributed by atoms with E-state index in [-0.39, 0.29) is 23.2 Å². The molecule has 0 saturated carbocycles. The van der Waals surface area contributed by atoms with E-state index in [2.05, 4.69) is 15.7 Å². The van der Waals surface area contributed by atoms with E-state index in [9.17, 15) is 14.4 Å². The lowest BCUT2D eigenvalue weighted by atomic mass is 10.1. The zero-order valence-corrected chi connectivity index (χ0v) is 16.9. The summed E-state index contributed by atoms with van der Waals surface area (Å²) in [5.74, 6) is -0.527. The molecule has 2 N–H and O–H groups in total. The van der Waals surface area contributed by atoms with Crippen LogP contribution < -0.4 is 16.2 Å². The molecule has 29 heavy (non-hydrogen) atoms. The van der Waals surface area contributed by atoms with Crippen molar-refractivity contribution in [3.63, 3.8) is 0 Å². The van der Waals surface area contributed by atoms with Crippen molar-refractivity contribution in [2.45, 2.75) is 40.2 Å². The number of carbonyl (C=O) groups is 2. The van der Waals surface area contributed by atoms with Crippen LogP contribution in [-0.2, 0) is 4.79 Å². The number of benzene rings is 2. The van der Waals surface area contributed by atoms with Gasteiger partial charge in [-0.2, -0.15) is 5.10 Å². The summed E-state index contributed by atoms with van der Waals surface area (Å²) in [6.45, 7) is 7.32. The first-order valence-corrected chi connectivity index (χ1v) is 9.55. The summed E-state index contributed by atoms with van der Waals surface area (Å²) in [7, 11) is 0. The normalized spacial score (nSPS) is 10.9. The molecule has 0 aliphatic carbocycles. The van der Waals surface area contributed by atoms with Crippen molar-refractivity contribution in [1.29, 1.82) is 0 Å². The highest BCUT2D eigenvalue weighted by Crippen LogP contribution is 2.22. The summed E-state index contributed by atoms with van der Waals surface area (Å²) in [6.07, 6.45) is 0.363. The Hall–Kier alpha value is -3.48. The van der Waals surface area contributed by atoms with Gasteiger partial charge >= 0.3 is 0 Å². The summed E-state index contributed by atoms with van der Waals surface area (Å²) >= 11 is 0. The van der Waals surface area contributed by atoms with Crippen molar-refractivity contribution in [2.24, 2.45) is 0 Å². The predicted molar refractivity (Wildman–Crippen MR) is 114 cm³/mol. The third kappa shape index (κ3) is 4.18. The van der Waals surface area contributed by atoms with Crippen LogP contribution in [0, 0.1) is 6.92 Å². The predicted octanol–water partition coefficient (Wildman–Crippen LogP) is 3.89. The van der Waals surface area contributed by atoms with Gasteiger partial charge < -0.3 is 10.6 Å². The van der Waals surface area contributed by atoms with Crippen LogP contribution in [0.1, 0.15) is 49.3 Å². The Morgan fingerprint density at radius 2 is 1.76 bits per heavy atom. The molecule has 150 valence electrons. The van der Waals surface area contributed by atoms with Crippen molar-refractivity contribution >= 4 is 34.0 Å². The molecule has 7 nitrogen and oxygen atoms in total. The highest BCUT2D eigenvalue weighted by molar-refractivity contribution is 6.11. The van der Waals surface area contributed by atoms with Crippen LogP contribution in [0.5, 0.6) is 0 Å². The van der Waals surface area contributed by atoms with E-state index < -0.39 is 5.91 Å². The van der Waals surface area contributed by atoms with E-state index in [0.717, 1.165) is 5.56 Å². The van der Waals surface area contributed by atoms with Gasteiger partial charge in [-0.1, -0.05) is 31.2 Å². The summed E-state index contributed by atoms with van der Waals surface area (Å²) in [5, 5.41) is 10.9. The lowest BCUT2D eigenvalue weighted by Crippen LogP contribution is -2.29. The van der Waals surface area contributed by atoms with Gasteiger partial charge in [0, 0.05) is 23.2 Å². The summed E-state index contributed by atoms with van der Waals surface area (Å²) in [6, 6.07) is 12.1. The number of nitrogens with zero attached hydrogens (tertiary/aromatic N) is 2. The molecule has 2 aromatic carbocycles. The first-order valence-electron chi connectivity index (χ1n) is 9.55. The standard InChI is InChI=1S/C22H24N4O3/c1-5-19(27)23-15-11-10-14(4)18(12-15)24-21(28)20-16-8-6-7-9-17(16)22(29)26(25-20)13(2)3/h6-13H,5H2,1-4H3,(H,23,27)(H,24,28). The Labute approximate surface area is 168 Å². The van der Waals surface area contributed by atoms with Crippen LogP contribution in [0.15, 0.2) is 47.3 Å². The molecule has 3 aromatic rings. The zero-order valence-electron chi connectivity index (χ0n) is 16.9. The molecule has 1 aromatic heterocycles. The second-order valence-corrected chi connectivity index (χ2v) is 7.12. The van der Waals surface area contributed by atoms with Gasteiger partial charge in [0.1, 0.15) is 0 Å². The first-order chi connectivity index (χ1) is 13.8. The van der Waals surface area contributed by atoms with Gasteiger partial charge in [-0.05, 0) is 44.5 Å². The Balaban J connectivity index is 2.03. The Morgan fingerprint density at radius 3 is 2.41 bits per heavy atom. The van der Waals surface area contributed by atoms with E-state index in [1.54, 1.807) is 43.3 Å². The number of rotatable bonds is 5. The highest BCUT2D eigenvalue weighted by Gasteiger charge is 2.18. The molecule has 1 heterocycles. The van der Waals surface area contributed by atoms with Crippen LogP contribution in [-0.4, -0.2) is 21.6 Å². The lowest BCUT2D eigenvalue weighted by Gasteiger charge is -2.15. The number of aromatic nitrogens is 2. The molecule has 7 heteroatoms. The van der Waals surface area contributed by atoms with Gasteiger partial charge in [0.25, 0.3) is 11.5 Å². The number of amides is 2. The van der Waals surface area contributed by atoms with Crippen molar-refractivity contribution in [2.75, 3.05) is 10.6 Å². The summed E-state index contributed by atoms with van der Waals surface area (Å²) in [4.78, 5) is 37.4. The Kier molecular flexibility index (Phi) is 5.77. The minimum Gasteiger partial charge on any atom is -0.326 e. The SMILES string of the molecule is CCC(=O)Nc1ccc(C)c(NC(=O)c2nn(C(C)C)c(=O)c3ccccc23)c1. The average molecular weight is 392 g/mol. The highest BCUT2D eigenvalue weighted by atomic mass is 16.2. The lowest BCUT2D eigenvalue weighted by molar-refractivity contribution is -0.115. The largest absolute Gasteiger partial charge is 0.326 e. The number of anilines is 2. The quantitative estimate of drug-likeness (QED) is 0.689. The van der Waals surface area contributed by atoms with E-state index >= 15 is 0 Å². The molecule has 0 bridgehead atoms. The Morgan fingerprint density at radius 1 is 1.07 bits per heavy atom. The Bertz CT molecular complexity index is 1150. The van der Waals surface area contributed by atoms with Crippen molar-refractivity contribution < 1.29 is 9.59 Å². The molecule has 0 spiro atoms. The first kappa shape index (κ1) is 20.3. The molecule has 0 radical (unpaired) electrons. The molecular formula is C22H24N4O3. The molecule has 3 rings (SSSR count). The molecule has 2 amide bonds. The molecule has 0 aliphatic rings. The second-order valence-electron chi connectivity index (χ2n) is 7.12. The maximum atomic E-state index is 13.1. The number of hydrogen-bond donors (Lipinski definition) is 2. The van der Waals surface area contributed by atoms with Gasteiger partial charge in [-0.3, -0.25) is 14.4 Å². The maximum absolute atomic E-state index is 13.1. The second kappa shape index (κ2) is 8.26. The van der Waals surface area contributed by atoms with Gasteiger partial charge in [-0.25, -0.2) is 4.68 Å². The monoisotopic (exact) mass is 392 g/mol. The van der Waals surface area contributed by atoms with Crippen molar-refractivity contribution in [1.82, 2.24) is 9.78 Å². The number of hydrogen-bond acceptors (Lipinski definition) is 4. The van der Waals surface area contributed by atoms with Crippen LogP contribution >= 0.6 is 0 Å². The number of carbonyl (C=O) groups excluding carboxylic acids is 2. The van der Waals surface area contributed by atoms with Crippen LogP contribution in [0.4, 0.5) is 11.4 Å². The summed E-state index contributed by atoms with van der Waals surface area (Å²) in [5.41, 5.74) is 1.96. The third-order valence-electron chi connectivity index (χ3n) is 4.62. The smallest absolute Gasteiger partial charge is 0.276 e. The average Bonchev–Trinajstić information content (AvgIpc) is 2.70. The topological polar surface area (TPSA) is 93.1 Å². The minimum atomic E-state index is -0.419. The summed E-state index contributed by atoms with van der Waals surface area (Å²) < 4.78 is 1.32. The minimum absolute atomic E-state index is 0.109. The number of aryl methyl sites for hydroxylation is 1. The van der Waals surface area contributed by atoms with Crippen LogP contribution in [0.25, 0.3) is 10.8 Å². The van der Waals surface area contributed by atoms with Gasteiger partial charge in [0.2, 0.25) is 5.91 Å².